The lowest BCUT2D eigenvalue weighted by Gasteiger charge is -2.22. The number of hydrogen-bond donors (Lipinski definition) is 0. The van der Waals surface area contributed by atoms with Gasteiger partial charge in [0.15, 0.2) is 23.3 Å². The molecular formula is C21H16F6N2O2S. The Hall–Kier alpha value is -2.95. The van der Waals surface area contributed by atoms with Gasteiger partial charge < -0.3 is 4.74 Å². The molecule has 0 N–H and O–H groups in total. The molecule has 0 bridgehead atoms. The maximum absolute atomic E-state index is 14.2. The van der Waals surface area contributed by atoms with Gasteiger partial charge in [0, 0.05) is 0 Å². The molecule has 3 rings (SSSR count). The van der Waals surface area contributed by atoms with E-state index in [4.69, 9.17) is 4.74 Å². The van der Waals surface area contributed by atoms with E-state index in [2.05, 4.69) is 5.10 Å². The predicted octanol–water partition coefficient (Wildman–Crippen LogP) is 6.15. The average Bonchev–Trinajstić information content (AvgIpc) is 3.04. The minimum Gasteiger partial charge on any atom is -0.403 e. The van der Waals surface area contributed by atoms with Crippen molar-refractivity contribution in [2.24, 2.45) is 0 Å². The molecule has 0 aliphatic heterocycles. The number of nitrogens with zero attached hydrogens (tertiary/aromatic N) is 2. The van der Waals surface area contributed by atoms with Gasteiger partial charge in [0.1, 0.15) is 5.82 Å². The normalized spacial score (nSPS) is 11.7. The molecule has 3 aromatic rings. The van der Waals surface area contributed by atoms with Gasteiger partial charge in [-0.3, -0.25) is 0 Å². The highest BCUT2D eigenvalue weighted by molar-refractivity contribution is 7.99. The monoisotopic (exact) mass is 474 g/mol. The number of esters is 1. The van der Waals surface area contributed by atoms with Gasteiger partial charge in [-0.25, -0.2) is 35.8 Å². The van der Waals surface area contributed by atoms with Gasteiger partial charge in [-0.2, -0.15) is 5.10 Å². The van der Waals surface area contributed by atoms with Gasteiger partial charge in [0.2, 0.25) is 11.7 Å². The lowest BCUT2D eigenvalue weighted by Crippen LogP contribution is -2.25. The van der Waals surface area contributed by atoms with Gasteiger partial charge in [-0.1, -0.05) is 23.9 Å². The van der Waals surface area contributed by atoms with Gasteiger partial charge in [0.25, 0.3) is 0 Å². The van der Waals surface area contributed by atoms with Gasteiger partial charge in [-0.15, -0.1) is 0 Å². The summed E-state index contributed by atoms with van der Waals surface area (Å²) in [4.78, 5) is 11.2. The molecular weight excluding hydrogens is 458 g/mol. The van der Waals surface area contributed by atoms with E-state index in [1.54, 1.807) is 20.8 Å². The summed E-state index contributed by atoms with van der Waals surface area (Å²) in [6.45, 7) is 6.42. The van der Waals surface area contributed by atoms with Crippen LogP contribution in [0, 0.1) is 41.8 Å². The third-order valence-electron chi connectivity index (χ3n) is 4.26. The molecule has 0 saturated heterocycles. The van der Waals surface area contributed by atoms with E-state index in [0.29, 0.717) is 0 Å². The van der Waals surface area contributed by atoms with Crippen LogP contribution >= 0.6 is 11.8 Å². The fourth-order valence-corrected chi connectivity index (χ4v) is 3.67. The fourth-order valence-electron chi connectivity index (χ4n) is 2.70. The van der Waals surface area contributed by atoms with Crippen LogP contribution in [0.4, 0.5) is 26.3 Å². The van der Waals surface area contributed by atoms with Crippen LogP contribution in [0.15, 0.2) is 34.1 Å². The number of benzene rings is 2. The highest BCUT2D eigenvalue weighted by Gasteiger charge is 2.32. The van der Waals surface area contributed by atoms with Crippen molar-refractivity contribution >= 4 is 17.7 Å². The first kappa shape index (κ1) is 23.7. The van der Waals surface area contributed by atoms with Crippen LogP contribution in [0.1, 0.15) is 36.8 Å². The van der Waals surface area contributed by atoms with Gasteiger partial charge in [0.05, 0.1) is 26.6 Å². The summed E-state index contributed by atoms with van der Waals surface area (Å²) in [5.41, 5.74) is -1.16. The van der Waals surface area contributed by atoms with Crippen molar-refractivity contribution in [3.05, 3.63) is 70.4 Å². The zero-order chi connectivity index (χ0) is 24.0. The van der Waals surface area contributed by atoms with E-state index in [1.807, 2.05) is 0 Å². The molecule has 0 saturated carbocycles. The van der Waals surface area contributed by atoms with Crippen LogP contribution in [0.3, 0.4) is 0 Å². The van der Waals surface area contributed by atoms with E-state index in [9.17, 15) is 31.1 Å². The number of rotatable bonds is 4. The first-order chi connectivity index (χ1) is 14.8. The number of ether oxygens (including phenoxy) is 1. The van der Waals surface area contributed by atoms with Crippen LogP contribution in [-0.4, -0.2) is 15.7 Å². The summed E-state index contributed by atoms with van der Waals surface area (Å²) in [6.07, 6.45) is 0. The van der Waals surface area contributed by atoms with Crippen LogP contribution < -0.4 is 4.74 Å². The SMILES string of the molecule is Cc1nn(C(C)(C)C)c(OC(=O)c2ccccc2F)c1Sc1c(F)c(F)c(F)c(F)c1F. The lowest BCUT2D eigenvalue weighted by atomic mass is 10.1. The molecule has 0 amide bonds. The fraction of sp³-hybridized carbons (Fsp3) is 0.238. The van der Waals surface area contributed by atoms with Crippen molar-refractivity contribution in [3.8, 4) is 5.88 Å². The van der Waals surface area contributed by atoms with Crippen LogP contribution in [0.25, 0.3) is 0 Å². The number of aromatic nitrogens is 2. The predicted molar refractivity (Wildman–Crippen MR) is 104 cm³/mol. The Kier molecular flexibility index (Phi) is 6.32. The molecule has 0 unspecified atom stereocenters. The summed E-state index contributed by atoms with van der Waals surface area (Å²) in [5, 5.41) is 4.19. The van der Waals surface area contributed by atoms with Crippen molar-refractivity contribution in [2.45, 2.75) is 43.0 Å². The largest absolute Gasteiger partial charge is 0.403 e. The van der Waals surface area contributed by atoms with Crippen molar-refractivity contribution in [1.29, 1.82) is 0 Å². The van der Waals surface area contributed by atoms with E-state index in [1.165, 1.54) is 29.8 Å². The molecule has 0 atom stereocenters. The Morgan fingerprint density at radius 3 is 1.97 bits per heavy atom. The van der Waals surface area contributed by atoms with E-state index < -0.39 is 56.9 Å². The summed E-state index contributed by atoms with van der Waals surface area (Å²) in [7, 11) is 0. The smallest absolute Gasteiger partial charge is 0.347 e. The van der Waals surface area contributed by atoms with Crippen LogP contribution in [0.2, 0.25) is 0 Å². The quantitative estimate of drug-likeness (QED) is 0.197. The number of hydrogen-bond acceptors (Lipinski definition) is 4. The minimum atomic E-state index is -2.29. The standard InChI is InChI=1S/C21H16F6N2O2S/c1-9-17(32-18-15(26)13(24)12(23)14(25)16(18)27)19(29(28-9)21(2,3)4)31-20(30)10-7-5-6-8-11(10)22/h5-8H,1-4H3. The van der Waals surface area contributed by atoms with E-state index in [0.717, 1.165) is 6.07 Å². The second-order valence-corrected chi connectivity index (χ2v) is 8.69. The highest BCUT2D eigenvalue weighted by atomic mass is 32.2. The molecule has 1 heterocycles. The Morgan fingerprint density at radius 1 is 0.906 bits per heavy atom. The van der Waals surface area contributed by atoms with Crippen molar-refractivity contribution in [3.63, 3.8) is 0 Å². The van der Waals surface area contributed by atoms with Crippen molar-refractivity contribution in [1.82, 2.24) is 9.78 Å². The van der Waals surface area contributed by atoms with Crippen molar-refractivity contribution < 1.29 is 35.9 Å². The van der Waals surface area contributed by atoms with Gasteiger partial charge in [-0.05, 0) is 39.8 Å². The Balaban J connectivity index is 2.15. The first-order valence-electron chi connectivity index (χ1n) is 9.10. The number of halogens is 6. The highest BCUT2D eigenvalue weighted by Crippen LogP contribution is 2.43. The summed E-state index contributed by atoms with van der Waals surface area (Å²) < 4.78 is 89.7. The Bertz CT molecular complexity index is 1190. The molecule has 0 radical (unpaired) electrons. The maximum atomic E-state index is 14.2. The van der Waals surface area contributed by atoms with Gasteiger partial charge >= 0.3 is 5.97 Å². The Morgan fingerprint density at radius 2 is 1.44 bits per heavy atom. The van der Waals surface area contributed by atoms with Crippen LogP contribution in [0.5, 0.6) is 5.88 Å². The van der Waals surface area contributed by atoms with Crippen molar-refractivity contribution in [2.75, 3.05) is 0 Å². The molecule has 11 heteroatoms. The third kappa shape index (κ3) is 4.21. The zero-order valence-corrected chi connectivity index (χ0v) is 18.0. The molecule has 170 valence electrons. The Labute approximate surface area is 183 Å². The molecule has 0 aliphatic carbocycles. The minimum absolute atomic E-state index is 0.0881. The molecule has 0 fully saturated rings. The average molecular weight is 474 g/mol. The van der Waals surface area contributed by atoms with Crippen LogP contribution in [-0.2, 0) is 5.54 Å². The van der Waals surface area contributed by atoms with E-state index in [-0.39, 0.29) is 28.2 Å². The topological polar surface area (TPSA) is 44.1 Å². The second kappa shape index (κ2) is 8.53. The third-order valence-corrected chi connectivity index (χ3v) is 5.49. The summed E-state index contributed by atoms with van der Waals surface area (Å²) >= 11 is 0.158. The number of carbonyl (C=O) groups excluding carboxylic acids is 1. The molecule has 1 aromatic heterocycles. The first-order valence-corrected chi connectivity index (χ1v) is 9.92. The number of carbonyl (C=O) groups is 1. The second-order valence-electron chi connectivity index (χ2n) is 7.67. The molecule has 0 spiro atoms. The maximum Gasteiger partial charge on any atom is 0.347 e. The lowest BCUT2D eigenvalue weighted by molar-refractivity contribution is 0.0699. The number of aryl methyl sites for hydroxylation is 1. The molecule has 2 aromatic carbocycles. The molecule has 0 aliphatic rings. The molecule has 4 nitrogen and oxygen atoms in total. The zero-order valence-electron chi connectivity index (χ0n) is 17.2. The molecule has 32 heavy (non-hydrogen) atoms. The summed E-state index contributed by atoms with van der Waals surface area (Å²) in [6, 6.07) is 4.96. The summed E-state index contributed by atoms with van der Waals surface area (Å²) in [5.74, 6) is -12.9. The van der Waals surface area contributed by atoms with E-state index >= 15 is 0 Å².